The number of benzene rings is 5. The van der Waals surface area contributed by atoms with Crippen LogP contribution in [0, 0.1) is 20.2 Å². The molecule has 0 saturated carbocycles. The SMILES string of the molecule is COc1ccc(C(OC[C@H]2O[C@@H](n3cnc4c(=O)[nH]c(NC(=O)OCC(c5ccccc5[N+](=O)[O-])c5ccccc5[N+](=O)[O-])nc43)C[C@@H]2O)(c2ccccc2)c2ccc(OC)cc2)cc1. The van der Waals surface area contributed by atoms with Gasteiger partial charge >= 0.3 is 6.09 Å². The van der Waals surface area contributed by atoms with Crippen LogP contribution in [0.1, 0.15) is 46.4 Å². The molecule has 0 bridgehead atoms. The maximum Gasteiger partial charge on any atom is 0.414 e. The largest absolute Gasteiger partial charge is 0.497 e. The summed E-state index contributed by atoms with van der Waals surface area (Å²) in [5.41, 5.74) is -0.140. The van der Waals surface area contributed by atoms with E-state index in [1.165, 1.54) is 59.4 Å². The molecule has 3 heterocycles. The molecule has 1 saturated heterocycles. The number of carbonyl (C=O) groups is 1. The molecule has 1 aliphatic heterocycles. The first kappa shape index (κ1) is 43.6. The van der Waals surface area contributed by atoms with Gasteiger partial charge in [0.05, 0.1) is 49.0 Å². The molecule has 0 spiro atoms. The Balaban J connectivity index is 1.03. The molecule has 3 N–H and O–H groups in total. The summed E-state index contributed by atoms with van der Waals surface area (Å²) >= 11 is 0. The van der Waals surface area contributed by atoms with E-state index in [0.717, 1.165) is 16.7 Å². The molecule has 7 aromatic rings. The molecule has 2 aromatic heterocycles. The highest BCUT2D eigenvalue weighted by Crippen LogP contribution is 2.43. The Kier molecular flexibility index (Phi) is 12.6. The van der Waals surface area contributed by atoms with Crippen molar-refractivity contribution in [3.05, 3.63) is 192 Å². The summed E-state index contributed by atoms with van der Waals surface area (Å²) in [5.74, 6) is -0.167. The van der Waals surface area contributed by atoms with E-state index in [9.17, 15) is 34.9 Å². The number of amides is 1. The number of carbonyl (C=O) groups excluding carboxylic acids is 1. The van der Waals surface area contributed by atoms with E-state index < -0.39 is 58.1 Å². The van der Waals surface area contributed by atoms with E-state index in [2.05, 4.69) is 20.3 Å². The predicted molar refractivity (Wildman–Crippen MR) is 234 cm³/mol. The third-order valence-electron chi connectivity index (χ3n) is 11.2. The van der Waals surface area contributed by atoms with Gasteiger partial charge in [-0.05, 0) is 41.0 Å². The normalized spacial score (nSPS) is 16.0. The van der Waals surface area contributed by atoms with Gasteiger partial charge in [-0.2, -0.15) is 4.98 Å². The molecule has 332 valence electrons. The lowest BCUT2D eigenvalue weighted by Gasteiger charge is -2.37. The van der Waals surface area contributed by atoms with Gasteiger partial charge < -0.3 is 28.8 Å². The molecule has 3 atom stereocenters. The minimum absolute atomic E-state index is 0.00983. The molecule has 0 aliphatic carbocycles. The van der Waals surface area contributed by atoms with Crippen LogP contribution in [0.15, 0.2) is 139 Å². The Hall–Kier alpha value is -8.00. The lowest BCUT2D eigenvalue weighted by atomic mass is 9.80. The first-order valence-corrected chi connectivity index (χ1v) is 20.2. The molecule has 1 amide bonds. The number of anilines is 1. The second-order valence-electron chi connectivity index (χ2n) is 14.9. The van der Waals surface area contributed by atoms with Crippen molar-refractivity contribution in [2.24, 2.45) is 0 Å². The van der Waals surface area contributed by atoms with E-state index in [0.29, 0.717) is 11.5 Å². The summed E-state index contributed by atoms with van der Waals surface area (Å²) in [5, 5.41) is 37.8. The van der Waals surface area contributed by atoms with Crippen molar-refractivity contribution in [1.82, 2.24) is 19.5 Å². The van der Waals surface area contributed by atoms with E-state index in [1.807, 2.05) is 78.9 Å². The number of nitro benzene ring substituents is 2. The van der Waals surface area contributed by atoms with Crippen LogP contribution in [0.25, 0.3) is 11.2 Å². The number of nitro groups is 2. The smallest absolute Gasteiger partial charge is 0.414 e. The highest BCUT2D eigenvalue weighted by Gasteiger charge is 2.42. The number of aliphatic hydroxyl groups excluding tert-OH is 1. The molecule has 1 aliphatic rings. The fourth-order valence-electron chi connectivity index (χ4n) is 8.05. The van der Waals surface area contributed by atoms with Crippen molar-refractivity contribution in [2.45, 2.75) is 36.4 Å². The number of rotatable bonds is 16. The van der Waals surface area contributed by atoms with Crippen LogP contribution in [0.3, 0.4) is 0 Å². The van der Waals surface area contributed by atoms with Gasteiger partial charge in [0.1, 0.15) is 36.0 Å². The molecule has 19 nitrogen and oxygen atoms in total. The van der Waals surface area contributed by atoms with Crippen molar-refractivity contribution >= 4 is 34.6 Å². The molecule has 1 fully saturated rings. The van der Waals surface area contributed by atoms with Crippen LogP contribution in [-0.2, 0) is 19.8 Å². The zero-order valence-electron chi connectivity index (χ0n) is 34.8. The van der Waals surface area contributed by atoms with Crippen LogP contribution in [0.5, 0.6) is 11.5 Å². The standard InChI is InChI=1S/C46H41N7O12/c1-61-31-20-16-29(17-21-31)46(28-10-4-3-5-11-28,30-18-22-32(62-2)23-19-30)64-26-39-38(54)24-40(65-39)51-27-47-41-42(51)48-44(49-43(41)55)50-45(56)63-25-35(33-12-6-8-14-36(33)52(57)58)34-13-7-9-15-37(34)53(59)60/h3-23,27,35,38-40,54H,24-26H2,1-2H3,(H2,48,49,50,55,56)/t38-,39+,40+/m0/s1. The fraction of sp³-hybridized carbons (Fsp3) is 0.217. The van der Waals surface area contributed by atoms with Gasteiger partial charge in [-0.15, -0.1) is 0 Å². The zero-order chi connectivity index (χ0) is 45.7. The topological polar surface area (TPSA) is 245 Å². The van der Waals surface area contributed by atoms with E-state index in [4.69, 9.17) is 23.7 Å². The number of imidazole rings is 1. The summed E-state index contributed by atoms with van der Waals surface area (Å²) < 4.78 is 31.2. The van der Waals surface area contributed by atoms with E-state index in [-0.39, 0.29) is 52.6 Å². The number of nitrogens with one attached hydrogen (secondary N) is 2. The van der Waals surface area contributed by atoms with Crippen molar-refractivity contribution < 1.29 is 43.4 Å². The number of ether oxygens (including phenoxy) is 5. The Morgan fingerprint density at radius 1 is 0.846 bits per heavy atom. The Morgan fingerprint density at radius 3 is 1.94 bits per heavy atom. The Morgan fingerprint density at radius 2 is 1.38 bits per heavy atom. The number of H-pyrrole nitrogens is 1. The van der Waals surface area contributed by atoms with E-state index in [1.54, 1.807) is 14.2 Å². The van der Waals surface area contributed by atoms with Gasteiger partial charge in [-0.1, -0.05) is 91.0 Å². The molecule has 0 unspecified atom stereocenters. The maximum atomic E-state index is 13.3. The molecular weight excluding hydrogens is 843 g/mol. The second kappa shape index (κ2) is 18.8. The molecular formula is C46H41N7O12. The number of fused-ring (bicyclic) bond motifs is 1. The first-order chi connectivity index (χ1) is 31.5. The fourth-order valence-corrected chi connectivity index (χ4v) is 8.05. The number of nitrogens with zero attached hydrogens (tertiary/aromatic N) is 5. The lowest BCUT2D eigenvalue weighted by molar-refractivity contribution is -0.386. The van der Waals surface area contributed by atoms with Crippen LogP contribution >= 0.6 is 0 Å². The number of hydrogen-bond acceptors (Lipinski definition) is 14. The average Bonchev–Trinajstić information content (AvgIpc) is 3.93. The zero-order valence-corrected chi connectivity index (χ0v) is 34.8. The Bertz CT molecular complexity index is 2780. The monoisotopic (exact) mass is 883 g/mol. The van der Waals surface area contributed by atoms with Gasteiger partial charge in [0.15, 0.2) is 11.2 Å². The number of methoxy groups -OCH3 is 2. The summed E-state index contributed by atoms with van der Waals surface area (Å²) in [6.07, 6.45) is -2.53. The van der Waals surface area contributed by atoms with Gasteiger partial charge in [-0.3, -0.25) is 39.9 Å². The maximum absolute atomic E-state index is 13.3. The molecule has 65 heavy (non-hydrogen) atoms. The third-order valence-corrected chi connectivity index (χ3v) is 11.2. The van der Waals surface area contributed by atoms with Crippen molar-refractivity contribution in [1.29, 1.82) is 0 Å². The van der Waals surface area contributed by atoms with Gasteiger partial charge in [0.2, 0.25) is 5.95 Å². The quantitative estimate of drug-likeness (QED) is 0.0503. The van der Waals surface area contributed by atoms with Crippen LogP contribution in [0.4, 0.5) is 22.1 Å². The molecule has 19 heteroatoms. The first-order valence-electron chi connectivity index (χ1n) is 20.2. The lowest BCUT2D eigenvalue weighted by Crippen LogP contribution is -2.38. The number of aromatic nitrogens is 4. The number of aromatic amines is 1. The van der Waals surface area contributed by atoms with Crippen LogP contribution < -0.4 is 20.3 Å². The highest BCUT2D eigenvalue weighted by molar-refractivity contribution is 5.83. The van der Waals surface area contributed by atoms with Gasteiger partial charge in [0, 0.05) is 29.7 Å². The Labute approximate surface area is 369 Å². The summed E-state index contributed by atoms with van der Waals surface area (Å²) in [6, 6.07) is 35.9. The van der Waals surface area contributed by atoms with Gasteiger partial charge in [-0.25, -0.2) is 9.78 Å². The second-order valence-corrected chi connectivity index (χ2v) is 14.9. The highest BCUT2D eigenvalue weighted by atomic mass is 16.6. The van der Waals surface area contributed by atoms with E-state index >= 15 is 0 Å². The number of aliphatic hydroxyl groups is 1. The predicted octanol–water partition coefficient (Wildman–Crippen LogP) is 6.99. The molecule has 5 aromatic carbocycles. The number of para-hydroxylation sites is 2. The van der Waals surface area contributed by atoms with Crippen molar-refractivity contribution in [3.8, 4) is 11.5 Å². The molecule has 0 radical (unpaired) electrons. The van der Waals surface area contributed by atoms with Crippen LogP contribution in [-0.4, -0.2) is 80.2 Å². The third kappa shape index (κ3) is 8.83. The minimum Gasteiger partial charge on any atom is -0.497 e. The summed E-state index contributed by atoms with van der Waals surface area (Å²) in [4.78, 5) is 60.3. The minimum atomic E-state index is -1.20. The van der Waals surface area contributed by atoms with Gasteiger partial charge in [0.25, 0.3) is 16.9 Å². The van der Waals surface area contributed by atoms with Crippen molar-refractivity contribution in [2.75, 3.05) is 32.8 Å². The average molecular weight is 884 g/mol. The number of hydrogen-bond donors (Lipinski definition) is 3. The summed E-state index contributed by atoms with van der Waals surface area (Å²) in [6.45, 7) is -0.658. The molecule has 8 rings (SSSR count). The van der Waals surface area contributed by atoms with Crippen molar-refractivity contribution in [3.63, 3.8) is 0 Å². The summed E-state index contributed by atoms with van der Waals surface area (Å²) in [7, 11) is 3.17. The van der Waals surface area contributed by atoms with Crippen LogP contribution in [0.2, 0.25) is 0 Å².